The van der Waals surface area contributed by atoms with Crippen LogP contribution in [-0.2, 0) is 6.54 Å². The number of hydrogen-bond acceptors (Lipinski definition) is 6. The fourth-order valence-corrected chi connectivity index (χ4v) is 4.51. The summed E-state index contributed by atoms with van der Waals surface area (Å²) in [5, 5.41) is 12.8. The van der Waals surface area contributed by atoms with E-state index >= 15 is 0 Å². The summed E-state index contributed by atoms with van der Waals surface area (Å²) < 4.78 is 21.5. The molecule has 1 aliphatic heterocycles. The van der Waals surface area contributed by atoms with Crippen molar-refractivity contribution in [3.05, 3.63) is 102 Å². The molecule has 8 heteroatoms. The number of hydrogen-bond donors (Lipinski definition) is 0. The SMILES string of the molecule is COc1ccc(Cn2nnnc2C(c2ccccc2)N2CCN(c3ccccc3F)CC2)cc1. The Hall–Kier alpha value is -3.78. The second-order valence-corrected chi connectivity index (χ2v) is 8.33. The number of tetrazole rings is 1. The Labute approximate surface area is 198 Å². The largest absolute Gasteiger partial charge is 0.497 e. The van der Waals surface area contributed by atoms with Gasteiger partial charge in [-0.2, -0.15) is 0 Å². The lowest BCUT2D eigenvalue weighted by Gasteiger charge is -2.40. The summed E-state index contributed by atoms with van der Waals surface area (Å²) >= 11 is 0. The predicted octanol–water partition coefficient (Wildman–Crippen LogP) is 3.78. The van der Waals surface area contributed by atoms with Gasteiger partial charge in [-0.15, -0.1) is 5.10 Å². The molecule has 5 rings (SSSR count). The molecule has 1 saturated heterocycles. The Bertz CT molecular complexity index is 1210. The van der Waals surface area contributed by atoms with E-state index in [-0.39, 0.29) is 11.9 Å². The normalized spacial score (nSPS) is 15.3. The molecule has 4 aromatic rings. The van der Waals surface area contributed by atoms with Crippen molar-refractivity contribution in [2.75, 3.05) is 38.2 Å². The molecule has 2 heterocycles. The highest BCUT2D eigenvalue weighted by Gasteiger charge is 2.31. The number of benzene rings is 3. The summed E-state index contributed by atoms with van der Waals surface area (Å²) in [4.78, 5) is 4.48. The molecule has 1 atom stereocenters. The van der Waals surface area contributed by atoms with Crippen LogP contribution in [-0.4, -0.2) is 58.4 Å². The van der Waals surface area contributed by atoms with Gasteiger partial charge in [0.25, 0.3) is 0 Å². The van der Waals surface area contributed by atoms with E-state index in [9.17, 15) is 4.39 Å². The Kier molecular flexibility index (Phi) is 6.49. The van der Waals surface area contributed by atoms with E-state index in [1.54, 1.807) is 13.2 Å². The van der Waals surface area contributed by atoms with Crippen LogP contribution in [0.5, 0.6) is 5.75 Å². The van der Waals surface area contributed by atoms with E-state index in [1.165, 1.54) is 6.07 Å². The van der Waals surface area contributed by atoms with Crippen LogP contribution in [0.1, 0.15) is 23.0 Å². The Morgan fingerprint density at radius 2 is 1.59 bits per heavy atom. The quantitative estimate of drug-likeness (QED) is 0.420. The number of halogens is 1. The van der Waals surface area contributed by atoms with E-state index in [0.29, 0.717) is 12.2 Å². The van der Waals surface area contributed by atoms with Gasteiger partial charge < -0.3 is 9.64 Å². The first-order valence-electron chi connectivity index (χ1n) is 11.4. The third-order valence-corrected chi connectivity index (χ3v) is 6.28. The van der Waals surface area contributed by atoms with Crippen molar-refractivity contribution < 1.29 is 9.13 Å². The molecule has 0 bridgehead atoms. The lowest BCUT2D eigenvalue weighted by atomic mass is 10.0. The zero-order valence-corrected chi connectivity index (χ0v) is 19.1. The van der Waals surface area contributed by atoms with Gasteiger partial charge in [-0.05, 0) is 45.8 Å². The predicted molar refractivity (Wildman–Crippen MR) is 128 cm³/mol. The topological polar surface area (TPSA) is 59.3 Å². The number of ether oxygens (including phenoxy) is 1. The van der Waals surface area contributed by atoms with Crippen molar-refractivity contribution in [2.24, 2.45) is 0 Å². The smallest absolute Gasteiger partial charge is 0.173 e. The maximum Gasteiger partial charge on any atom is 0.173 e. The van der Waals surface area contributed by atoms with E-state index in [4.69, 9.17) is 4.74 Å². The highest BCUT2D eigenvalue weighted by Crippen LogP contribution is 2.30. The zero-order chi connectivity index (χ0) is 23.3. The van der Waals surface area contributed by atoms with Crippen molar-refractivity contribution in [3.63, 3.8) is 0 Å². The minimum atomic E-state index is -0.181. The third-order valence-electron chi connectivity index (χ3n) is 6.28. The summed E-state index contributed by atoms with van der Waals surface area (Å²) in [5.41, 5.74) is 2.88. The molecular formula is C26H27FN6O. The van der Waals surface area contributed by atoms with Crippen molar-refractivity contribution in [3.8, 4) is 5.75 Å². The van der Waals surface area contributed by atoms with Gasteiger partial charge in [-0.3, -0.25) is 4.90 Å². The summed E-state index contributed by atoms with van der Waals surface area (Å²) in [7, 11) is 1.66. The highest BCUT2D eigenvalue weighted by molar-refractivity contribution is 5.48. The van der Waals surface area contributed by atoms with Crippen LogP contribution >= 0.6 is 0 Å². The standard InChI is InChI=1S/C26H27FN6O/c1-34-22-13-11-20(12-14-22)19-33-26(28-29-30-33)25(21-7-3-2-4-8-21)32-17-15-31(16-18-32)24-10-6-5-9-23(24)27/h2-14,25H,15-19H2,1H3. The average molecular weight is 459 g/mol. The molecule has 3 aromatic carbocycles. The van der Waals surface area contributed by atoms with Gasteiger partial charge in [-0.25, -0.2) is 9.07 Å². The molecule has 1 aromatic heterocycles. The van der Waals surface area contributed by atoms with E-state index in [0.717, 1.165) is 48.9 Å². The van der Waals surface area contributed by atoms with E-state index in [1.807, 2.05) is 59.3 Å². The number of piperazine rings is 1. The molecular weight excluding hydrogens is 431 g/mol. The number of methoxy groups -OCH3 is 1. The molecule has 0 saturated carbocycles. The molecule has 0 amide bonds. The van der Waals surface area contributed by atoms with Gasteiger partial charge in [0.1, 0.15) is 11.6 Å². The fourth-order valence-electron chi connectivity index (χ4n) is 4.51. The van der Waals surface area contributed by atoms with Crippen LogP contribution in [0.25, 0.3) is 0 Å². The number of nitrogens with zero attached hydrogens (tertiary/aromatic N) is 6. The summed E-state index contributed by atoms with van der Waals surface area (Å²) in [6.07, 6.45) is 0. The average Bonchev–Trinajstić information content (AvgIpc) is 3.33. The lowest BCUT2D eigenvalue weighted by Crippen LogP contribution is -2.48. The van der Waals surface area contributed by atoms with Crippen LogP contribution < -0.4 is 9.64 Å². The Balaban J connectivity index is 1.40. The second-order valence-electron chi connectivity index (χ2n) is 8.33. The maximum absolute atomic E-state index is 14.3. The van der Waals surface area contributed by atoms with Gasteiger partial charge in [0, 0.05) is 26.2 Å². The first-order chi connectivity index (χ1) is 16.7. The number of rotatable bonds is 7. The van der Waals surface area contributed by atoms with Crippen molar-refractivity contribution in [1.82, 2.24) is 25.1 Å². The lowest BCUT2D eigenvalue weighted by molar-refractivity contribution is 0.201. The monoisotopic (exact) mass is 458 g/mol. The molecule has 0 radical (unpaired) electrons. The molecule has 7 nitrogen and oxygen atoms in total. The number of para-hydroxylation sites is 1. The molecule has 1 fully saturated rings. The van der Waals surface area contributed by atoms with Gasteiger partial charge in [0.2, 0.25) is 0 Å². The fraction of sp³-hybridized carbons (Fsp3) is 0.269. The highest BCUT2D eigenvalue weighted by atomic mass is 19.1. The van der Waals surface area contributed by atoms with E-state index in [2.05, 4.69) is 37.5 Å². The molecule has 34 heavy (non-hydrogen) atoms. The summed E-state index contributed by atoms with van der Waals surface area (Å²) in [5.74, 6) is 1.43. The van der Waals surface area contributed by atoms with E-state index < -0.39 is 0 Å². The van der Waals surface area contributed by atoms with Crippen LogP contribution in [0, 0.1) is 5.82 Å². The van der Waals surface area contributed by atoms with Crippen LogP contribution in [0.4, 0.5) is 10.1 Å². The van der Waals surface area contributed by atoms with Gasteiger partial charge in [0.15, 0.2) is 5.82 Å². The van der Waals surface area contributed by atoms with Crippen molar-refractivity contribution in [1.29, 1.82) is 0 Å². The first-order valence-corrected chi connectivity index (χ1v) is 11.4. The number of anilines is 1. The molecule has 0 N–H and O–H groups in total. The zero-order valence-electron chi connectivity index (χ0n) is 19.1. The number of aromatic nitrogens is 4. The summed E-state index contributed by atoms with van der Waals surface area (Å²) in [6, 6.07) is 25.1. The summed E-state index contributed by atoms with van der Waals surface area (Å²) in [6.45, 7) is 3.55. The molecule has 0 spiro atoms. The molecule has 1 unspecified atom stereocenters. The third kappa shape index (κ3) is 4.63. The van der Waals surface area contributed by atoms with Crippen molar-refractivity contribution >= 4 is 5.69 Å². The van der Waals surface area contributed by atoms with Crippen LogP contribution in [0.3, 0.4) is 0 Å². The van der Waals surface area contributed by atoms with Gasteiger partial charge in [-0.1, -0.05) is 54.6 Å². The van der Waals surface area contributed by atoms with Crippen LogP contribution in [0.15, 0.2) is 78.9 Å². The van der Waals surface area contributed by atoms with Crippen LogP contribution in [0.2, 0.25) is 0 Å². The van der Waals surface area contributed by atoms with Gasteiger partial charge >= 0.3 is 0 Å². The second kappa shape index (κ2) is 10.0. The molecule has 174 valence electrons. The maximum atomic E-state index is 14.3. The van der Waals surface area contributed by atoms with Gasteiger partial charge in [0.05, 0.1) is 25.4 Å². The minimum absolute atomic E-state index is 0.0998. The minimum Gasteiger partial charge on any atom is -0.497 e. The Morgan fingerprint density at radius 3 is 2.29 bits per heavy atom. The molecule has 0 aliphatic carbocycles. The Morgan fingerprint density at radius 1 is 0.882 bits per heavy atom. The molecule has 1 aliphatic rings. The van der Waals surface area contributed by atoms with Crippen molar-refractivity contribution in [2.45, 2.75) is 12.6 Å². The first kappa shape index (κ1) is 22.0.